The number of phenols is 4. The van der Waals surface area contributed by atoms with E-state index in [2.05, 4.69) is 0 Å². The van der Waals surface area contributed by atoms with Crippen LogP contribution in [0.25, 0.3) is 0 Å². The number of benzene rings is 2. The van der Waals surface area contributed by atoms with Crippen molar-refractivity contribution in [2.45, 2.75) is 12.5 Å². The Hall–Kier alpha value is -2.40. The van der Waals surface area contributed by atoms with Crippen molar-refractivity contribution in [3.8, 4) is 23.0 Å². The first kappa shape index (κ1) is 13.0. The van der Waals surface area contributed by atoms with Crippen LogP contribution in [0.4, 0.5) is 0 Å². The Morgan fingerprint density at radius 2 is 1.05 bits per heavy atom. The Morgan fingerprint density at radius 1 is 0.684 bits per heavy atom. The van der Waals surface area contributed by atoms with Gasteiger partial charge in [0.15, 0.2) is 23.0 Å². The molecule has 0 aliphatic rings. The van der Waals surface area contributed by atoms with Crippen LogP contribution in [0, 0.1) is 0 Å². The SMILES string of the molecule is CC(O)(c1ccc(O)c(O)c1)c1ccc(O)c(O)c1. The van der Waals surface area contributed by atoms with Crippen LogP contribution in [-0.2, 0) is 5.60 Å². The van der Waals surface area contributed by atoms with E-state index in [1.165, 1.54) is 43.3 Å². The number of aromatic hydroxyl groups is 4. The summed E-state index contributed by atoms with van der Waals surface area (Å²) < 4.78 is 0. The predicted octanol–water partition coefficient (Wildman–Crippen LogP) is 1.76. The normalized spacial score (nSPS) is 11.5. The molecule has 0 saturated heterocycles. The fourth-order valence-corrected chi connectivity index (χ4v) is 1.82. The van der Waals surface area contributed by atoms with Gasteiger partial charge in [0.25, 0.3) is 0 Å². The molecule has 0 unspecified atom stereocenters. The second-order valence-electron chi connectivity index (χ2n) is 4.48. The molecular weight excluding hydrogens is 248 g/mol. The van der Waals surface area contributed by atoms with Gasteiger partial charge in [-0.1, -0.05) is 12.1 Å². The van der Waals surface area contributed by atoms with E-state index in [4.69, 9.17) is 0 Å². The molecule has 0 bridgehead atoms. The monoisotopic (exact) mass is 262 g/mol. The zero-order valence-electron chi connectivity index (χ0n) is 10.2. The van der Waals surface area contributed by atoms with E-state index in [9.17, 15) is 25.5 Å². The molecule has 2 aromatic carbocycles. The number of rotatable bonds is 2. The van der Waals surface area contributed by atoms with E-state index in [1.807, 2.05) is 0 Å². The van der Waals surface area contributed by atoms with Crippen LogP contribution in [0.15, 0.2) is 36.4 Å². The second-order valence-corrected chi connectivity index (χ2v) is 4.48. The van der Waals surface area contributed by atoms with Crippen LogP contribution in [0.2, 0.25) is 0 Å². The molecule has 2 aromatic rings. The highest BCUT2D eigenvalue weighted by Crippen LogP contribution is 2.37. The minimum Gasteiger partial charge on any atom is -0.504 e. The predicted molar refractivity (Wildman–Crippen MR) is 68.2 cm³/mol. The summed E-state index contributed by atoms with van der Waals surface area (Å²) in [7, 11) is 0. The second kappa shape index (κ2) is 4.37. The molecule has 0 amide bonds. The van der Waals surface area contributed by atoms with Crippen molar-refractivity contribution >= 4 is 0 Å². The largest absolute Gasteiger partial charge is 0.504 e. The van der Waals surface area contributed by atoms with E-state index >= 15 is 0 Å². The number of aliphatic hydroxyl groups is 1. The van der Waals surface area contributed by atoms with Gasteiger partial charge in [0.05, 0.1) is 0 Å². The Balaban J connectivity index is 2.51. The van der Waals surface area contributed by atoms with Crippen LogP contribution in [0.3, 0.4) is 0 Å². The average Bonchev–Trinajstić information content (AvgIpc) is 2.35. The van der Waals surface area contributed by atoms with Crippen LogP contribution < -0.4 is 0 Å². The van der Waals surface area contributed by atoms with E-state index in [1.54, 1.807) is 0 Å². The smallest absolute Gasteiger partial charge is 0.157 e. The zero-order valence-corrected chi connectivity index (χ0v) is 10.2. The third kappa shape index (κ3) is 2.28. The molecule has 19 heavy (non-hydrogen) atoms. The fourth-order valence-electron chi connectivity index (χ4n) is 1.82. The van der Waals surface area contributed by atoms with Gasteiger partial charge in [0.2, 0.25) is 0 Å². The highest BCUT2D eigenvalue weighted by atomic mass is 16.3. The molecular formula is C14H14O5. The quantitative estimate of drug-likeness (QED) is 0.531. The van der Waals surface area contributed by atoms with Crippen LogP contribution >= 0.6 is 0 Å². The minimum atomic E-state index is -1.49. The third-order valence-electron chi connectivity index (χ3n) is 3.08. The van der Waals surface area contributed by atoms with Crippen LogP contribution in [-0.4, -0.2) is 25.5 Å². The maximum Gasteiger partial charge on any atom is 0.157 e. The molecule has 0 spiro atoms. The van der Waals surface area contributed by atoms with E-state index in [0.717, 1.165) is 0 Å². The third-order valence-corrected chi connectivity index (χ3v) is 3.08. The van der Waals surface area contributed by atoms with Gasteiger partial charge < -0.3 is 25.5 Å². The van der Waals surface area contributed by atoms with E-state index in [0.29, 0.717) is 11.1 Å². The molecule has 0 atom stereocenters. The number of hydrogen-bond acceptors (Lipinski definition) is 5. The Morgan fingerprint density at radius 3 is 1.37 bits per heavy atom. The van der Waals surface area contributed by atoms with Gasteiger partial charge in [-0.25, -0.2) is 0 Å². The Kier molecular flexibility index (Phi) is 3.00. The van der Waals surface area contributed by atoms with Gasteiger partial charge in [-0.2, -0.15) is 0 Å². The maximum atomic E-state index is 10.5. The van der Waals surface area contributed by atoms with Crippen molar-refractivity contribution < 1.29 is 25.5 Å². The Labute approximate surface area is 109 Å². The van der Waals surface area contributed by atoms with E-state index < -0.39 is 5.60 Å². The van der Waals surface area contributed by atoms with Crippen molar-refractivity contribution in [3.63, 3.8) is 0 Å². The molecule has 0 saturated carbocycles. The first-order valence-electron chi connectivity index (χ1n) is 5.59. The fraction of sp³-hybridized carbons (Fsp3) is 0.143. The number of hydrogen-bond donors (Lipinski definition) is 5. The van der Waals surface area contributed by atoms with Crippen molar-refractivity contribution in [3.05, 3.63) is 47.5 Å². The van der Waals surface area contributed by atoms with Crippen molar-refractivity contribution in [1.29, 1.82) is 0 Å². The lowest BCUT2D eigenvalue weighted by Gasteiger charge is -2.25. The summed E-state index contributed by atoms with van der Waals surface area (Å²) in [6, 6.07) is 7.91. The minimum absolute atomic E-state index is 0.284. The van der Waals surface area contributed by atoms with Gasteiger partial charge in [-0.15, -0.1) is 0 Å². The summed E-state index contributed by atoms with van der Waals surface area (Å²) in [5, 5.41) is 47.9. The molecule has 2 rings (SSSR count). The summed E-state index contributed by atoms with van der Waals surface area (Å²) in [4.78, 5) is 0. The lowest BCUT2D eigenvalue weighted by atomic mass is 9.88. The van der Waals surface area contributed by atoms with Crippen LogP contribution in [0.5, 0.6) is 23.0 Å². The average molecular weight is 262 g/mol. The topological polar surface area (TPSA) is 101 Å². The van der Waals surface area contributed by atoms with Gasteiger partial charge in [0.1, 0.15) is 5.60 Å². The first-order chi connectivity index (χ1) is 8.82. The van der Waals surface area contributed by atoms with E-state index in [-0.39, 0.29) is 23.0 Å². The molecule has 0 radical (unpaired) electrons. The molecule has 0 fully saturated rings. The van der Waals surface area contributed by atoms with Crippen molar-refractivity contribution in [1.82, 2.24) is 0 Å². The van der Waals surface area contributed by atoms with Gasteiger partial charge in [-0.3, -0.25) is 0 Å². The molecule has 5 N–H and O–H groups in total. The summed E-state index contributed by atoms with van der Waals surface area (Å²) in [6.45, 7) is 1.48. The van der Waals surface area contributed by atoms with Crippen molar-refractivity contribution in [2.24, 2.45) is 0 Å². The summed E-state index contributed by atoms with van der Waals surface area (Å²) in [6.07, 6.45) is 0. The summed E-state index contributed by atoms with van der Waals surface area (Å²) in [5.74, 6) is -1.26. The molecule has 100 valence electrons. The molecule has 0 aliphatic heterocycles. The maximum absolute atomic E-state index is 10.5. The lowest BCUT2D eigenvalue weighted by Crippen LogP contribution is -2.22. The standard InChI is InChI=1S/C14H14O5/c1-14(19,8-2-4-10(15)12(17)6-8)9-3-5-11(16)13(18)7-9/h2-7,15-19H,1H3. The molecule has 5 nitrogen and oxygen atoms in total. The molecule has 0 heterocycles. The highest BCUT2D eigenvalue weighted by molar-refractivity contribution is 5.48. The summed E-state index contributed by atoms with van der Waals surface area (Å²) in [5.41, 5.74) is -0.808. The lowest BCUT2D eigenvalue weighted by molar-refractivity contribution is 0.101. The Bertz CT molecular complexity index is 566. The van der Waals surface area contributed by atoms with Gasteiger partial charge >= 0.3 is 0 Å². The van der Waals surface area contributed by atoms with Crippen LogP contribution in [0.1, 0.15) is 18.1 Å². The first-order valence-corrected chi connectivity index (χ1v) is 5.59. The molecule has 5 heteroatoms. The van der Waals surface area contributed by atoms with Gasteiger partial charge in [-0.05, 0) is 42.3 Å². The molecule has 0 aliphatic carbocycles. The van der Waals surface area contributed by atoms with Crippen molar-refractivity contribution in [2.75, 3.05) is 0 Å². The highest BCUT2D eigenvalue weighted by Gasteiger charge is 2.27. The number of phenolic OH excluding ortho intramolecular Hbond substituents is 4. The summed E-state index contributed by atoms with van der Waals surface area (Å²) >= 11 is 0. The van der Waals surface area contributed by atoms with Gasteiger partial charge in [0, 0.05) is 0 Å². The molecule has 0 aromatic heterocycles. The zero-order chi connectivity index (χ0) is 14.2.